The number of alkyl halides is 1. The summed E-state index contributed by atoms with van der Waals surface area (Å²) in [6.45, 7) is 0. The van der Waals surface area contributed by atoms with Crippen molar-refractivity contribution >= 4 is 11.6 Å². The molecule has 0 aliphatic rings. The molecule has 0 heterocycles. The molecule has 0 bridgehead atoms. The standard InChI is InChI=1S/C12H13ClO2/c1-2-9-3-5-10(6-4-9)12(15)11(14)7-8-13/h1,3-6,11-12,14-15H,7-8H2. The van der Waals surface area contributed by atoms with Gasteiger partial charge in [-0.2, -0.15) is 0 Å². The zero-order chi connectivity index (χ0) is 11.3. The van der Waals surface area contributed by atoms with Gasteiger partial charge in [0.15, 0.2) is 0 Å². The third-order valence-corrected chi connectivity index (χ3v) is 2.41. The lowest BCUT2D eigenvalue weighted by Gasteiger charge is -2.17. The molecule has 2 unspecified atom stereocenters. The average Bonchev–Trinajstić information content (AvgIpc) is 2.28. The quantitative estimate of drug-likeness (QED) is 0.604. The Kier molecular flexibility index (Phi) is 4.64. The van der Waals surface area contributed by atoms with Crippen LogP contribution in [0.15, 0.2) is 24.3 Å². The van der Waals surface area contributed by atoms with Gasteiger partial charge in [0.2, 0.25) is 0 Å². The molecular weight excluding hydrogens is 212 g/mol. The summed E-state index contributed by atoms with van der Waals surface area (Å²) in [6, 6.07) is 6.87. The number of aliphatic hydroxyl groups excluding tert-OH is 2. The third-order valence-electron chi connectivity index (χ3n) is 2.19. The van der Waals surface area contributed by atoms with Crippen LogP contribution in [0, 0.1) is 12.3 Å². The maximum Gasteiger partial charge on any atom is 0.105 e. The molecule has 0 aliphatic carbocycles. The molecule has 0 aliphatic heterocycles. The minimum Gasteiger partial charge on any atom is -0.390 e. The van der Waals surface area contributed by atoms with Crippen LogP contribution in [0.2, 0.25) is 0 Å². The second-order valence-electron chi connectivity index (χ2n) is 3.26. The summed E-state index contributed by atoms with van der Waals surface area (Å²) in [4.78, 5) is 0. The van der Waals surface area contributed by atoms with E-state index in [2.05, 4.69) is 5.92 Å². The van der Waals surface area contributed by atoms with E-state index in [4.69, 9.17) is 18.0 Å². The van der Waals surface area contributed by atoms with Gasteiger partial charge < -0.3 is 10.2 Å². The van der Waals surface area contributed by atoms with Crippen LogP contribution in [0.1, 0.15) is 23.7 Å². The molecule has 0 saturated heterocycles. The maximum atomic E-state index is 9.72. The van der Waals surface area contributed by atoms with Gasteiger partial charge in [-0.25, -0.2) is 0 Å². The van der Waals surface area contributed by atoms with Crippen molar-refractivity contribution in [2.45, 2.75) is 18.6 Å². The second kappa shape index (κ2) is 5.77. The highest BCUT2D eigenvalue weighted by Gasteiger charge is 2.17. The van der Waals surface area contributed by atoms with E-state index in [1.54, 1.807) is 24.3 Å². The van der Waals surface area contributed by atoms with Crippen LogP contribution in [-0.2, 0) is 0 Å². The van der Waals surface area contributed by atoms with Crippen molar-refractivity contribution < 1.29 is 10.2 Å². The fourth-order valence-corrected chi connectivity index (χ4v) is 1.49. The third kappa shape index (κ3) is 3.24. The molecule has 80 valence electrons. The molecular formula is C12H13ClO2. The number of aliphatic hydroxyl groups is 2. The van der Waals surface area contributed by atoms with E-state index < -0.39 is 12.2 Å². The molecule has 1 aromatic rings. The van der Waals surface area contributed by atoms with Crippen molar-refractivity contribution in [3.63, 3.8) is 0 Å². The molecule has 3 heteroatoms. The van der Waals surface area contributed by atoms with Gasteiger partial charge in [0.05, 0.1) is 6.10 Å². The number of halogens is 1. The zero-order valence-electron chi connectivity index (χ0n) is 8.23. The van der Waals surface area contributed by atoms with Crippen molar-refractivity contribution in [3.05, 3.63) is 35.4 Å². The smallest absolute Gasteiger partial charge is 0.105 e. The lowest BCUT2D eigenvalue weighted by molar-refractivity contribution is 0.0170. The van der Waals surface area contributed by atoms with Gasteiger partial charge in [-0.1, -0.05) is 18.1 Å². The Morgan fingerprint density at radius 3 is 2.33 bits per heavy atom. The Hall–Kier alpha value is -1.01. The molecule has 2 atom stereocenters. The minimum atomic E-state index is -0.907. The molecule has 0 aromatic heterocycles. The van der Waals surface area contributed by atoms with Crippen LogP contribution < -0.4 is 0 Å². The fraction of sp³-hybridized carbons (Fsp3) is 0.333. The van der Waals surface area contributed by atoms with E-state index in [-0.39, 0.29) is 0 Å². The highest BCUT2D eigenvalue weighted by atomic mass is 35.5. The topological polar surface area (TPSA) is 40.5 Å². The summed E-state index contributed by atoms with van der Waals surface area (Å²) < 4.78 is 0. The van der Waals surface area contributed by atoms with Gasteiger partial charge >= 0.3 is 0 Å². The molecule has 1 rings (SSSR count). The summed E-state index contributed by atoms with van der Waals surface area (Å²) in [5.41, 5.74) is 1.39. The summed E-state index contributed by atoms with van der Waals surface area (Å²) in [5, 5.41) is 19.2. The summed E-state index contributed by atoms with van der Waals surface area (Å²) in [6.07, 6.45) is 3.82. The number of terminal acetylenes is 1. The van der Waals surface area contributed by atoms with Gasteiger partial charge in [0.1, 0.15) is 6.10 Å². The second-order valence-corrected chi connectivity index (χ2v) is 3.63. The lowest BCUT2D eigenvalue weighted by atomic mass is 10.0. The van der Waals surface area contributed by atoms with Gasteiger partial charge in [-0.15, -0.1) is 18.0 Å². The van der Waals surface area contributed by atoms with Crippen molar-refractivity contribution in [2.24, 2.45) is 0 Å². The summed E-state index contributed by atoms with van der Waals surface area (Å²) in [5.74, 6) is 2.80. The molecule has 1 aromatic carbocycles. The van der Waals surface area contributed by atoms with Gasteiger partial charge in [0, 0.05) is 11.4 Å². The SMILES string of the molecule is C#Cc1ccc(C(O)C(O)CCCl)cc1. The normalized spacial score (nSPS) is 14.3. The Morgan fingerprint density at radius 2 is 1.87 bits per heavy atom. The van der Waals surface area contributed by atoms with Crippen LogP contribution in [0.3, 0.4) is 0 Å². The first-order valence-electron chi connectivity index (χ1n) is 4.67. The highest BCUT2D eigenvalue weighted by molar-refractivity contribution is 6.17. The minimum absolute atomic E-state index is 0.320. The number of hydrogen-bond acceptors (Lipinski definition) is 2. The average molecular weight is 225 g/mol. The molecule has 0 spiro atoms. The van der Waals surface area contributed by atoms with E-state index in [0.717, 1.165) is 5.56 Å². The molecule has 2 N–H and O–H groups in total. The summed E-state index contributed by atoms with van der Waals surface area (Å²) in [7, 11) is 0. The number of rotatable bonds is 4. The van der Waals surface area contributed by atoms with E-state index in [0.29, 0.717) is 17.9 Å². The first kappa shape index (κ1) is 12.1. The Balaban J connectivity index is 2.74. The predicted octanol–water partition coefficient (Wildman–Crippen LogP) is 1.69. The number of benzene rings is 1. The van der Waals surface area contributed by atoms with Crippen molar-refractivity contribution in [3.8, 4) is 12.3 Å². The first-order valence-corrected chi connectivity index (χ1v) is 5.21. The highest BCUT2D eigenvalue weighted by Crippen LogP contribution is 2.19. The monoisotopic (exact) mass is 224 g/mol. The van der Waals surface area contributed by atoms with Gasteiger partial charge in [0.25, 0.3) is 0 Å². The van der Waals surface area contributed by atoms with Crippen LogP contribution in [0.25, 0.3) is 0 Å². The molecule has 0 amide bonds. The van der Waals surface area contributed by atoms with Crippen molar-refractivity contribution in [1.82, 2.24) is 0 Å². The van der Waals surface area contributed by atoms with E-state index in [1.165, 1.54) is 0 Å². The zero-order valence-corrected chi connectivity index (χ0v) is 8.98. The Bertz CT molecular complexity index is 340. The molecule has 0 saturated carbocycles. The molecule has 0 radical (unpaired) electrons. The van der Waals surface area contributed by atoms with Crippen LogP contribution in [0.5, 0.6) is 0 Å². The van der Waals surface area contributed by atoms with Crippen LogP contribution >= 0.6 is 11.6 Å². The van der Waals surface area contributed by atoms with E-state index >= 15 is 0 Å². The molecule has 15 heavy (non-hydrogen) atoms. The van der Waals surface area contributed by atoms with Gasteiger partial charge in [-0.05, 0) is 24.1 Å². The Labute approximate surface area is 94.5 Å². The molecule has 2 nitrogen and oxygen atoms in total. The van der Waals surface area contributed by atoms with Crippen LogP contribution in [-0.4, -0.2) is 22.2 Å². The van der Waals surface area contributed by atoms with E-state index in [1.807, 2.05) is 0 Å². The predicted molar refractivity (Wildman–Crippen MR) is 60.7 cm³/mol. The maximum absolute atomic E-state index is 9.72. The number of hydrogen-bond donors (Lipinski definition) is 2. The van der Waals surface area contributed by atoms with Crippen LogP contribution in [0.4, 0.5) is 0 Å². The molecule has 0 fully saturated rings. The van der Waals surface area contributed by atoms with Gasteiger partial charge in [-0.3, -0.25) is 0 Å². The first-order chi connectivity index (χ1) is 7.19. The lowest BCUT2D eigenvalue weighted by Crippen LogP contribution is -2.18. The fourth-order valence-electron chi connectivity index (χ4n) is 1.27. The van der Waals surface area contributed by atoms with Crippen molar-refractivity contribution in [1.29, 1.82) is 0 Å². The van der Waals surface area contributed by atoms with Crippen molar-refractivity contribution in [2.75, 3.05) is 5.88 Å². The summed E-state index contributed by atoms with van der Waals surface area (Å²) >= 11 is 5.48. The Morgan fingerprint density at radius 1 is 1.27 bits per heavy atom. The largest absolute Gasteiger partial charge is 0.390 e. The van der Waals surface area contributed by atoms with E-state index in [9.17, 15) is 10.2 Å².